The lowest BCUT2D eigenvalue weighted by atomic mass is 10.0. The fourth-order valence-corrected chi connectivity index (χ4v) is 3.36. The first-order chi connectivity index (χ1) is 15.0. The Morgan fingerprint density at radius 1 is 1.12 bits per heavy atom. The molecule has 2 N–H and O–H groups in total. The summed E-state index contributed by atoms with van der Waals surface area (Å²) < 4.78 is 10.5. The van der Waals surface area contributed by atoms with Gasteiger partial charge in [0.25, 0.3) is 0 Å². The number of rotatable bonds is 1. The molecule has 33 heavy (non-hydrogen) atoms. The zero-order valence-corrected chi connectivity index (χ0v) is 20.8. The minimum Gasteiger partial charge on any atom is -0.444 e. The van der Waals surface area contributed by atoms with Crippen LogP contribution in [-0.2, 0) is 14.3 Å². The van der Waals surface area contributed by atoms with Gasteiger partial charge in [0.1, 0.15) is 11.2 Å². The van der Waals surface area contributed by atoms with Gasteiger partial charge in [-0.2, -0.15) is 5.10 Å². The Labute approximate surface area is 195 Å². The maximum atomic E-state index is 11.8. The molecule has 0 aromatic rings. The lowest BCUT2D eigenvalue weighted by Gasteiger charge is -2.25. The van der Waals surface area contributed by atoms with Crippen LogP contribution in [0.5, 0.6) is 0 Å². The summed E-state index contributed by atoms with van der Waals surface area (Å²) in [4.78, 5) is 39.9. The zero-order chi connectivity index (χ0) is 25.2. The lowest BCUT2D eigenvalue weighted by molar-refractivity contribution is -0.114. The summed E-state index contributed by atoms with van der Waals surface area (Å²) in [5.41, 5.74) is 1.10. The Hall–Kier alpha value is -2.82. The first-order valence-electron chi connectivity index (χ1n) is 10.9. The molecule has 0 spiro atoms. The van der Waals surface area contributed by atoms with Gasteiger partial charge in [-0.25, -0.2) is 9.59 Å². The van der Waals surface area contributed by atoms with E-state index < -0.39 is 29.1 Å². The van der Waals surface area contributed by atoms with Crippen LogP contribution in [0.4, 0.5) is 9.59 Å². The number of carbonyl (C=O) groups is 3. The number of nitrogens with one attached hydrogen (secondary N) is 1. The molecular formula is C22H37N5O6. The second-order valence-electron chi connectivity index (χ2n) is 10.7. The van der Waals surface area contributed by atoms with Crippen LogP contribution in [-0.4, -0.2) is 101 Å². The Bertz CT molecular complexity index is 826. The van der Waals surface area contributed by atoms with Crippen molar-refractivity contribution in [3.8, 4) is 0 Å². The van der Waals surface area contributed by atoms with E-state index in [4.69, 9.17) is 9.47 Å². The highest BCUT2D eigenvalue weighted by Gasteiger charge is 2.49. The molecule has 186 valence electrons. The smallest absolute Gasteiger partial charge is 0.411 e. The molecule has 11 heteroatoms. The molecule has 2 fully saturated rings. The summed E-state index contributed by atoms with van der Waals surface area (Å²) in [5.74, 6) is -0.176. The molecule has 3 aliphatic rings. The van der Waals surface area contributed by atoms with Crippen LogP contribution < -0.4 is 5.43 Å². The van der Waals surface area contributed by atoms with Crippen molar-refractivity contribution in [3.63, 3.8) is 0 Å². The number of hydrogen-bond donors (Lipinski definition) is 2. The molecular weight excluding hydrogens is 430 g/mol. The summed E-state index contributed by atoms with van der Waals surface area (Å²) in [6.07, 6.45) is 2.54. The quantitative estimate of drug-likeness (QED) is 0.555. The maximum Gasteiger partial charge on any atom is 0.411 e. The van der Waals surface area contributed by atoms with E-state index in [1.54, 1.807) is 38.1 Å². The molecule has 0 aromatic carbocycles. The van der Waals surface area contributed by atoms with Crippen LogP contribution in [0, 0.1) is 5.92 Å². The normalized spacial score (nSPS) is 25.4. The van der Waals surface area contributed by atoms with Gasteiger partial charge in [-0.1, -0.05) is 0 Å². The summed E-state index contributed by atoms with van der Waals surface area (Å²) in [7, 11) is 3.69. The summed E-state index contributed by atoms with van der Waals surface area (Å²) in [6, 6.07) is 0. The van der Waals surface area contributed by atoms with Gasteiger partial charge in [0.2, 0.25) is 0 Å². The average molecular weight is 468 g/mol. The minimum absolute atomic E-state index is 0.0236. The predicted molar refractivity (Wildman–Crippen MR) is 122 cm³/mol. The number of ketones is 1. The van der Waals surface area contributed by atoms with Crippen molar-refractivity contribution < 1.29 is 29.0 Å². The standard InChI is InChI=1S/C12H20N2O3.C10H17N3O3/c1-12(2,3)17-11(16)14-7-9(6-13(4)5)10(15)8-14;1-9(2,3)16-8(14)13-5-7-4-11-12-10(7,15)6-13/h6H,7-8H2,1-5H3;4,7,12,15H,5-6H2,1-3H3/b9-6+;. The summed E-state index contributed by atoms with van der Waals surface area (Å²) in [5, 5.41) is 13.9. The van der Waals surface area contributed by atoms with Crippen LogP contribution in [0.15, 0.2) is 16.9 Å². The molecule has 3 aliphatic heterocycles. The summed E-state index contributed by atoms with van der Waals surface area (Å²) in [6.45, 7) is 11.9. The highest BCUT2D eigenvalue weighted by atomic mass is 16.6. The fourth-order valence-electron chi connectivity index (χ4n) is 3.36. The maximum absolute atomic E-state index is 11.8. The first-order valence-corrected chi connectivity index (χ1v) is 10.9. The Kier molecular flexibility index (Phi) is 7.67. The number of carbonyl (C=O) groups excluding carboxylic acids is 3. The molecule has 11 nitrogen and oxygen atoms in total. The number of Topliss-reactive ketones (excluding diaryl/α,β-unsaturated/α-hetero) is 1. The number of hydrazone groups is 1. The molecule has 2 amide bonds. The minimum atomic E-state index is -1.11. The van der Waals surface area contributed by atoms with Gasteiger partial charge in [0.05, 0.1) is 25.6 Å². The second kappa shape index (κ2) is 9.58. The van der Waals surface area contributed by atoms with E-state index in [9.17, 15) is 19.5 Å². The molecule has 2 atom stereocenters. The third-order valence-corrected chi connectivity index (χ3v) is 4.75. The van der Waals surface area contributed by atoms with Crippen molar-refractivity contribution in [2.75, 3.05) is 40.3 Å². The van der Waals surface area contributed by atoms with Crippen molar-refractivity contribution in [1.29, 1.82) is 0 Å². The average Bonchev–Trinajstić information content (AvgIpc) is 3.24. The van der Waals surface area contributed by atoms with Crippen molar-refractivity contribution in [1.82, 2.24) is 20.1 Å². The number of β-amino-alcohol motifs (C(OH)–C–C–N with tert-alkyl or cyclic N) is 1. The number of ether oxygens (including phenoxy) is 2. The van der Waals surface area contributed by atoms with Crippen LogP contribution in [0.2, 0.25) is 0 Å². The number of aliphatic hydroxyl groups is 1. The van der Waals surface area contributed by atoms with Gasteiger partial charge in [0.15, 0.2) is 11.5 Å². The number of nitrogens with zero attached hydrogens (tertiary/aromatic N) is 4. The van der Waals surface area contributed by atoms with Crippen LogP contribution in [0.3, 0.4) is 0 Å². The first kappa shape index (κ1) is 26.4. The number of fused-ring (bicyclic) bond motifs is 1. The SMILES string of the molecule is CC(C)(C)OC(=O)N1CC2C=NNC2(O)C1.CN(C)/C=C1\CN(C(=O)OC(C)(C)C)CC1=O. The van der Waals surface area contributed by atoms with E-state index in [0.717, 1.165) is 0 Å². The molecule has 3 heterocycles. The highest BCUT2D eigenvalue weighted by molar-refractivity contribution is 6.01. The van der Waals surface area contributed by atoms with E-state index in [0.29, 0.717) is 18.7 Å². The molecule has 0 aliphatic carbocycles. The van der Waals surface area contributed by atoms with Gasteiger partial charge in [-0.05, 0) is 41.5 Å². The Morgan fingerprint density at radius 3 is 2.15 bits per heavy atom. The molecule has 0 saturated carbocycles. The second-order valence-corrected chi connectivity index (χ2v) is 10.7. The molecule has 3 rings (SSSR count). The van der Waals surface area contributed by atoms with Crippen molar-refractivity contribution in [2.45, 2.75) is 58.5 Å². The molecule has 2 saturated heterocycles. The fraction of sp³-hybridized carbons (Fsp3) is 0.727. The monoisotopic (exact) mass is 467 g/mol. The molecule has 0 aromatic heterocycles. The number of hydrogen-bond acceptors (Lipinski definition) is 9. The largest absolute Gasteiger partial charge is 0.444 e. The number of likely N-dealkylation sites (tertiary alicyclic amines) is 2. The van der Waals surface area contributed by atoms with Crippen molar-refractivity contribution in [3.05, 3.63) is 11.8 Å². The van der Waals surface area contributed by atoms with E-state index in [1.807, 2.05) is 34.9 Å². The third kappa shape index (κ3) is 7.62. The molecule has 2 unspecified atom stereocenters. The van der Waals surface area contributed by atoms with Crippen molar-refractivity contribution in [2.24, 2.45) is 11.0 Å². The molecule has 0 bridgehead atoms. The van der Waals surface area contributed by atoms with E-state index in [1.165, 1.54) is 9.80 Å². The Balaban J connectivity index is 0.000000234. The van der Waals surface area contributed by atoms with E-state index in [2.05, 4.69) is 10.5 Å². The third-order valence-electron chi connectivity index (χ3n) is 4.75. The van der Waals surface area contributed by atoms with E-state index >= 15 is 0 Å². The predicted octanol–water partition coefficient (Wildman–Crippen LogP) is 1.38. The van der Waals surface area contributed by atoms with Crippen LogP contribution in [0.25, 0.3) is 0 Å². The van der Waals surface area contributed by atoms with Gasteiger partial charge in [-0.15, -0.1) is 0 Å². The topological polar surface area (TPSA) is 124 Å². The summed E-state index contributed by atoms with van der Waals surface area (Å²) >= 11 is 0. The highest BCUT2D eigenvalue weighted by Crippen LogP contribution is 2.28. The lowest BCUT2D eigenvalue weighted by Crippen LogP contribution is -2.47. The van der Waals surface area contributed by atoms with Crippen LogP contribution >= 0.6 is 0 Å². The van der Waals surface area contributed by atoms with Gasteiger partial charge in [0, 0.05) is 38.6 Å². The van der Waals surface area contributed by atoms with Gasteiger partial charge >= 0.3 is 12.2 Å². The van der Waals surface area contributed by atoms with E-state index in [-0.39, 0.29) is 24.8 Å². The van der Waals surface area contributed by atoms with Gasteiger partial charge < -0.3 is 24.4 Å². The Morgan fingerprint density at radius 2 is 1.67 bits per heavy atom. The number of amides is 2. The van der Waals surface area contributed by atoms with Crippen molar-refractivity contribution >= 4 is 24.2 Å². The van der Waals surface area contributed by atoms with Crippen LogP contribution in [0.1, 0.15) is 41.5 Å². The zero-order valence-electron chi connectivity index (χ0n) is 20.8. The molecule has 0 radical (unpaired) electrons. The van der Waals surface area contributed by atoms with Gasteiger partial charge in [-0.3, -0.25) is 15.1 Å².